The molecule has 9 aromatic carbocycles. The first kappa shape index (κ1) is 59.4. The molecule has 2 aliphatic heterocycles. The molecule has 0 bridgehead atoms. The minimum Gasteiger partial charge on any atom is -0.497 e. The Morgan fingerprint density at radius 2 is 1.25 bits per heavy atom. The third kappa shape index (κ3) is 11.6. The zero-order valence-corrected chi connectivity index (χ0v) is 52.0. The molecular formula is C80H80F3N3O3. The lowest BCUT2D eigenvalue weighted by Crippen LogP contribution is -2.46. The molecule has 2 aliphatic carbocycles. The Morgan fingerprint density at radius 3 is 1.88 bits per heavy atom. The van der Waals surface area contributed by atoms with Gasteiger partial charge in [0.2, 0.25) is 0 Å². The third-order valence-corrected chi connectivity index (χ3v) is 19.9. The van der Waals surface area contributed by atoms with Gasteiger partial charge in [-0.15, -0.1) is 0 Å². The molecule has 13 rings (SSSR count). The highest BCUT2D eigenvalue weighted by atomic mass is 19.4. The number of benzene rings is 9. The number of carbonyl (C=O) groups excluding carboxylic acids is 1. The number of nitrogens with zero attached hydrogens (tertiary/aromatic N) is 2. The number of alkyl halides is 3. The smallest absolute Gasteiger partial charge is 0.417 e. The van der Waals surface area contributed by atoms with Gasteiger partial charge in [0.05, 0.1) is 12.7 Å². The maximum atomic E-state index is 15.4. The molecule has 0 spiro atoms. The van der Waals surface area contributed by atoms with Crippen molar-refractivity contribution < 1.29 is 27.4 Å². The minimum absolute atomic E-state index is 0.0291. The van der Waals surface area contributed by atoms with Crippen LogP contribution >= 0.6 is 0 Å². The Hall–Kier alpha value is -8.56. The number of aryl methyl sites for hydroxylation is 1. The van der Waals surface area contributed by atoms with E-state index in [1.165, 1.54) is 87.1 Å². The monoisotopic (exact) mass is 1190 g/mol. The Morgan fingerprint density at radius 1 is 0.640 bits per heavy atom. The average Bonchev–Trinajstić information content (AvgIpc) is 1.59. The fourth-order valence-corrected chi connectivity index (χ4v) is 14.9. The lowest BCUT2D eigenvalue weighted by Gasteiger charge is -2.39. The molecule has 1 saturated carbocycles. The van der Waals surface area contributed by atoms with Gasteiger partial charge in [0.15, 0.2) is 5.60 Å². The Kier molecular flexibility index (Phi) is 16.5. The van der Waals surface area contributed by atoms with E-state index < -0.39 is 28.7 Å². The van der Waals surface area contributed by atoms with Crippen LogP contribution in [0.15, 0.2) is 188 Å². The van der Waals surface area contributed by atoms with Crippen LogP contribution in [0.3, 0.4) is 0 Å². The average molecular weight is 1190 g/mol. The van der Waals surface area contributed by atoms with Crippen LogP contribution < -0.4 is 24.6 Å². The molecule has 2 fully saturated rings. The number of amides is 1. The molecule has 4 aliphatic rings. The van der Waals surface area contributed by atoms with Gasteiger partial charge >= 0.3 is 6.18 Å². The summed E-state index contributed by atoms with van der Waals surface area (Å²) >= 11 is 0. The molecule has 1 unspecified atom stereocenters. The fraction of sp³-hybridized carbons (Fsp3) is 0.312. The molecule has 0 aromatic heterocycles. The molecule has 454 valence electrons. The van der Waals surface area contributed by atoms with Crippen LogP contribution in [0.25, 0.3) is 50.2 Å². The summed E-state index contributed by atoms with van der Waals surface area (Å²) in [7, 11) is 1.67. The summed E-state index contributed by atoms with van der Waals surface area (Å²) in [5.41, 5.74) is 12.5. The number of hydrogen-bond acceptors (Lipinski definition) is 5. The van der Waals surface area contributed by atoms with Gasteiger partial charge in [-0.05, 0) is 184 Å². The normalized spacial score (nSPS) is 18.5. The molecule has 1 amide bonds. The van der Waals surface area contributed by atoms with E-state index in [0.717, 1.165) is 123 Å². The van der Waals surface area contributed by atoms with Gasteiger partial charge in [-0.1, -0.05) is 181 Å². The number of hydrogen-bond donors (Lipinski definition) is 1. The van der Waals surface area contributed by atoms with Crippen LogP contribution in [-0.2, 0) is 23.6 Å². The molecule has 2 heterocycles. The van der Waals surface area contributed by atoms with E-state index >= 15 is 13.2 Å². The van der Waals surface area contributed by atoms with Crippen LogP contribution in [0.2, 0.25) is 0 Å². The van der Waals surface area contributed by atoms with Crippen LogP contribution in [0.1, 0.15) is 153 Å². The highest BCUT2D eigenvalue weighted by Gasteiger charge is 2.45. The molecule has 1 N–H and O–H groups in total. The van der Waals surface area contributed by atoms with Gasteiger partial charge in [0.25, 0.3) is 5.91 Å². The summed E-state index contributed by atoms with van der Waals surface area (Å²) in [6.45, 7) is 12.6. The van der Waals surface area contributed by atoms with Crippen LogP contribution in [0.4, 0.5) is 30.2 Å². The number of methoxy groups -OCH3 is 1. The number of carbonyl (C=O) groups is 1. The van der Waals surface area contributed by atoms with Gasteiger partial charge in [-0.2, -0.15) is 13.2 Å². The number of ether oxygens (including phenoxy) is 2. The van der Waals surface area contributed by atoms with Crippen molar-refractivity contribution in [3.63, 3.8) is 0 Å². The van der Waals surface area contributed by atoms with Gasteiger partial charge in [0.1, 0.15) is 11.5 Å². The van der Waals surface area contributed by atoms with E-state index in [2.05, 4.69) is 152 Å². The van der Waals surface area contributed by atoms with Crippen molar-refractivity contribution in [3.8, 4) is 44.9 Å². The van der Waals surface area contributed by atoms with Crippen molar-refractivity contribution in [3.05, 3.63) is 238 Å². The molecule has 1 atom stereocenters. The molecule has 1 saturated heterocycles. The summed E-state index contributed by atoms with van der Waals surface area (Å²) in [4.78, 5) is 18.7. The first-order valence-electron chi connectivity index (χ1n) is 32.4. The zero-order chi connectivity index (χ0) is 61.4. The number of halogens is 3. The van der Waals surface area contributed by atoms with E-state index in [4.69, 9.17) is 9.47 Å². The van der Waals surface area contributed by atoms with Gasteiger partial charge in [-0.25, -0.2) is 0 Å². The topological polar surface area (TPSA) is 54.0 Å². The van der Waals surface area contributed by atoms with E-state index in [-0.39, 0.29) is 11.3 Å². The largest absolute Gasteiger partial charge is 0.497 e. The number of anilines is 3. The Balaban J connectivity index is 0.761. The minimum atomic E-state index is -4.72. The third-order valence-electron chi connectivity index (χ3n) is 19.9. The first-order chi connectivity index (χ1) is 43.2. The highest BCUT2D eigenvalue weighted by molar-refractivity contribution is 6.09. The number of nitrogens with one attached hydrogen (secondary N) is 1. The summed E-state index contributed by atoms with van der Waals surface area (Å²) in [6, 6.07) is 60.1. The second-order valence-electron chi connectivity index (χ2n) is 25.7. The zero-order valence-electron chi connectivity index (χ0n) is 52.0. The predicted octanol–water partition coefficient (Wildman–Crippen LogP) is 20.6. The Labute approximate surface area is 523 Å². The maximum absolute atomic E-state index is 15.4. The molecule has 9 heteroatoms. The van der Waals surface area contributed by atoms with Crippen LogP contribution in [0.5, 0.6) is 11.5 Å². The van der Waals surface area contributed by atoms with Crippen molar-refractivity contribution >= 4 is 39.8 Å². The van der Waals surface area contributed by atoms with Gasteiger partial charge in [0, 0.05) is 76.3 Å². The Bertz CT molecular complexity index is 4040. The van der Waals surface area contributed by atoms with Gasteiger partial charge in [-0.3, -0.25) is 4.79 Å². The molecule has 9 aromatic rings. The summed E-state index contributed by atoms with van der Waals surface area (Å²) in [5, 5.41) is 4.63. The predicted molar refractivity (Wildman–Crippen MR) is 360 cm³/mol. The van der Waals surface area contributed by atoms with Gasteiger partial charge < -0.3 is 24.6 Å². The summed E-state index contributed by atoms with van der Waals surface area (Å²) < 4.78 is 59.5. The molecule has 89 heavy (non-hydrogen) atoms. The van der Waals surface area contributed by atoms with Crippen molar-refractivity contribution in [1.82, 2.24) is 0 Å². The molecular weight excluding hydrogens is 1110 g/mol. The van der Waals surface area contributed by atoms with E-state index in [0.29, 0.717) is 17.0 Å². The SMILES string of the molecule is CCCCC[C@H]1CC[C@H](c2ccc(-c3ccc(C(=O)Nc4ccc(-c5ccc6c(c5)-c5c(c7c(c8ccccc58)OC(c5ccc(OC)cc5)(c5ccc(N8CCN(c9ccc(CCCC)cc9)CC8)cc5)C=C7)C6(C)C)c(C(F)(F)F)c4)cc3)cc2)CC1. The van der Waals surface area contributed by atoms with Crippen molar-refractivity contribution in [2.24, 2.45) is 5.92 Å². The van der Waals surface area contributed by atoms with Crippen LogP contribution in [-0.4, -0.2) is 39.2 Å². The summed E-state index contributed by atoms with van der Waals surface area (Å²) in [6.07, 6.45) is 13.6. The molecule has 6 nitrogen and oxygen atoms in total. The lowest BCUT2D eigenvalue weighted by molar-refractivity contribution is -0.137. The number of piperazine rings is 1. The second-order valence-corrected chi connectivity index (χ2v) is 25.7. The quantitative estimate of drug-likeness (QED) is 0.0921. The number of fused-ring (bicyclic) bond motifs is 8. The van der Waals surface area contributed by atoms with E-state index in [9.17, 15) is 4.79 Å². The maximum Gasteiger partial charge on any atom is 0.417 e. The fourth-order valence-electron chi connectivity index (χ4n) is 14.9. The van der Waals surface area contributed by atoms with E-state index in [1.54, 1.807) is 31.4 Å². The lowest BCUT2D eigenvalue weighted by atomic mass is 9.76. The summed E-state index contributed by atoms with van der Waals surface area (Å²) in [5.74, 6) is 2.46. The van der Waals surface area contributed by atoms with E-state index in [1.807, 2.05) is 48.5 Å². The second kappa shape index (κ2) is 24.8. The van der Waals surface area contributed by atoms with Crippen molar-refractivity contribution in [2.75, 3.05) is 48.4 Å². The van der Waals surface area contributed by atoms with Crippen molar-refractivity contribution in [1.29, 1.82) is 0 Å². The number of unbranched alkanes of at least 4 members (excludes halogenated alkanes) is 3. The number of rotatable bonds is 17. The van der Waals surface area contributed by atoms with Crippen LogP contribution in [0, 0.1) is 5.92 Å². The highest BCUT2D eigenvalue weighted by Crippen LogP contribution is 2.59. The standard InChI is InChI=1S/C80H80F3N3O3/c1-6-8-10-14-54-17-21-55(22-18-54)56-23-25-57(26-24-56)58-27-29-59(30-28-58)77(87)84-63-36-43-67(73(52-63)80(81,82)83)60-31-44-72-71(51-60)74-68-15-11-12-16-69(68)76-70(75(74)78(72,3)4)45-46-79(89-76,62-34-41-66(88-5)42-35-62)61-32-39-65(40-33-61)86-49-47-85(48-50-86)64-37-19-53(20-38-64)13-9-7-2/h11-12,15-16,19-20,23-46,51-52,54-55H,6-10,13-14,17-18,21-22,47-50H2,1-5H3,(H,84,87)/t54-,55-,79?. The van der Waals surface area contributed by atoms with Crippen molar-refractivity contribution in [2.45, 2.75) is 121 Å². The molecule has 0 radical (unpaired) electrons. The first-order valence-corrected chi connectivity index (χ1v) is 32.4.